The summed E-state index contributed by atoms with van der Waals surface area (Å²) in [7, 11) is 0. The number of pyridine rings is 2. The van der Waals surface area contributed by atoms with Gasteiger partial charge in [0.25, 0.3) is 11.8 Å². The summed E-state index contributed by atoms with van der Waals surface area (Å²) in [6, 6.07) is 4.78. The van der Waals surface area contributed by atoms with Gasteiger partial charge in [-0.25, -0.2) is 13.8 Å². The molecule has 0 aliphatic heterocycles. The highest BCUT2D eigenvalue weighted by Crippen LogP contribution is 2.21. The Hall–Kier alpha value is -2.90. The third kappa shape index (κ3) is 6.89. The Balaban J connectivity index is 2.10. The largest absolute Gasteiger partial charge is 0.485 e. The van der Waals surface area contributed by atoms with Crippen LogP contribution in [-0.2, 0) is 11.2 Å². The Morgan fingerprint density at radius 1 is 1.24 bits per heavy atom. The van der Waals surface area contributed by atoms with Crippen LogP contribution in [0.5, 0.6) is 5.75 Å². The second kappa shape index (κ2) is 9.07. The third-order valence-corrected chi connectivity index (χ3v) is 4.08. The van der Waals surface area contributed by atoms with Crippen LogP contribution in [0, 0.1) is 13.8 Å². The molecule has 29 heavy (non-hydrogen) atoms. The van der Waals surface area contributed by atoms with Gasteiger partial charge < -0.3 is 10.1 Å². The molecule has 0 saturated heterocycles. The van der Waals surface area contributed by atoms with Crippen molar-refractivity contribution in [3.63, 3.8) is 0 Å². The predicted molar refractivity (Wildman–Crippen MR) is 104 cm³/mol. The summed E-state index contributed by atoms with van der Waals surface area (Å²) < 4.78 is 31.0. The molecule has 6 nitrogen and oxygen atoms in total. The van der Waals surface area contributed by atoms with E-state index in [-0.39, 0.29) is 29.7 Å². The van der Waals surface area contributed by atoms with Crippen molar-refractivity contribution in [2.75, 3.05) is 6.61 Å². The number of rotatable bonds is 8. The first-order chi connectivity index (χ1) is 13.4. The maximum absolute atomic E-state index is 12.9. The van der Waals surface area contributed by atoms with E-state index in [0.717, 1.165) is 18.2 Å². The zero-order valence-corrected chi connectivity index (χ0v) is 17.2. The molecule has 156 valence electrons. The number of ketones is 1. The fourth-order valence-electron chi connectivity index (χ4n) is 2.74. The van der Waals surface area contributed by atoms with Crippen molar-refractivity contribution in [3.8, 4) is 5.75 Å². The van der Waals surface area contributed by atoms with Gasteiger partial charge in [-0.1, -0.05) is 0 Å². The Labute approximate surface area is 168 Å². The van der Waals surface area contributed by atoms with Crippen LogP contribution in [0.25, 0.3) is 0 Å². The van der Waals surface area contributed by atoms with E-state index >= 15 is 0 Å². The van der Waals surface area contributed by atoms with Gasteiger partial charge in [0.05, 0.1) is 12.2 Å². The van der Waals surface area contributed by atoms with Gasteiger partial charge >= 0.3 is 0 Å². The highest BCUT2D eigenvalue weighted by atomic mass is 19.3. The maximum atomic E-state index is 12.9. The number of nitrogens with zero attached hydrogens (tertiary/aromatic N) is 2. The molecule has 0 saturated carbocycles. The van der Waals surface area contributed by atoms with E-state index in [1.54, 1.807) is 13.0 Å². The molecular weight excluding hydrogens is 380 g/mol. The zero-order chi connectivity index (χ0) is 21.8. The number of alkyl halides is 2. The number of nitrogens with one attached hydrogen (secondary N) is 1. The summed E-state index contributed by atoms with van der Waals surface area (Å²) in [5.41, 5.74) is 2.91. The van der Waals surface area contributed by atoms with Crippen molar-refractivity contribution in [3.05, 3.63) is 52.6 Å². The molecule has 0 aliphatic rings. The molecule has 0 spiro atoms. The Morgan fingerprint density at radius 3 is 2.52 bits per heavy atom. The van der Waals surface area contributed by atoms with Crippen LogP contribution >= 0.6 is 0 Å². The van der Waals surface area contributed by atoms with Crippen LogP contribution in [0.1, 0.15) is 59.8 Å². The van der Waals surface area contributed by atoms with Gasteiger partial charge in [-0.2, -0.15) is 0 Å². The number of amides is 1. The highest BCUT2D eigenvalue weighted by Gasteiger charge is 2.23. The topological polar surface area (TPSA) is 81.2 Å². The van der Waals surface area contributed by atoms with Crippen LogP contribution < -0.4 is 10.1 Å². The summed E-state index contributed by atoms with van der Waals surface area (Å²) in [4.78, 5) is 32.3. The average Bonchev–Trinajstić information content (AvgIpc) is 2.58. The molecule has 1 amide bonds. The molecule has 1 N–H and O–H groups in total. The number of Topliss-reactive ketones (excluding diaryl/α,β-unsaturated/α-hetero) is 1. The van der Waals surface area contributed by atoms with Gasteiger partial charge in [0.1, 0.15) is 17.2 Å². The molecule has 1 atom stereocenters. The molecule has 0 aliphatic carbocycles. The molecule has 2 rings (SSSR count). The van der Waals surface area contributed by atoms with Crippen LogP contribution in [0.15, 0.2) is 24.4 Å². The summed E-state index contributed by atoms with van der Waals surface area (Å²) >= 11 is 0. The minimum Gasteiger partial charge on any atom is -0.485 e. The van der Waals surface area contributed by atoms with Crippen LogP contribution in [0.4, 0.5) is 8.78 Å². The second-order valence-electron chi connectivity index (χ2n) is 7.30. The van der Waals surface area contributed by atoms with Crippen molar-refractivity contribution in [2.45, 2.75) is 53.0 Å². The van der Waals surface area contributed by atoms with E-state index in [9.17, 15) is 18.4 Å². The van der Waals surface area contributed by atoms with Gasteiger partial charge in [0.2, 0.25) is 0 Å². The number of hydrogen-bond donors (Lipinski definition) is 1. The van der Waals surface area contributed by atoms with E-state index in [1.165, 1.54) is 19.2 Å². The number of aryl methyl sites for hydroxylation is 2. The van der Waals surface area contributed by atoms with Crippen LogP contribution in [0.2, 0.25) is 0 Å². The van der Waals surface area contributed by atoms with Crippen molar-refractivity contribution in [2.24, 2.45) is 0 Å². The molecule has 0 bridgehead atoms. The number of carbonyl (C=O) groups excluding carboxylic acids is 2. The SMILES string of the molecule is CC(=O)Cc1cc(C(C)NC(=O)c2cc(C)c(OCC(C)(F)F)cn2)cc(C)n1. The van der Waals surface area contributed by atoms with Gasteiger partial charge in [-0.05, 0) is 57.0 Å². The monoisotopic (exact) mass is 405 g/mol. The molecule has 1 unspecified atom stereocenters. The molecular formula is C21H25F2N3O3. The fraction of sp³-hybridized carbons (Fsp3) is 0.429. The van der Waals surface area contributed by atoms with Gasteiger partial charge in [-0.3, -0.25) is 14.6 Å². The first-order valence-electron chi connectivity index (χ1n) is 9.19. The third-order valence-electron chi connectivity index (χ3n) is 4.08. The standard InChI is InChI=1S/C21H25F2N3O3/c1-12-6-18(24-10-19(12)29-11-21(5,22)23)20(28)26-15(4)16-7-13(2)25-17(9-16)8-14(3)27/h6-7,9-10,15H,8,11H2,1-5H3,(H,26,28). The van der Waals surface area contributed by atoms with Crippen molar-refractivity contribution in [1.82, 2.24) is 15.3 Å². The van der Waals surface area contributed by atoms with Crippen molar-refractivity contribution in [1.29, 1.82) is 0 Å². The lowest BCUT2D eigenvalue weighted by Crippen LogP contribution is -2.28. The average molecular weight is 405 g/mol. The molecule has 8 heteroatoms. The lowest BCUT2D eigenvalue weighted by atomic mass is 10.1. The van der Waals surface area contributed by atoms with Gasteiger partial charge in [0.15, 0.2) is 6.61 Å². The molecule has 2 heterocycles. The fourth-order valence-corrected chi connectivity index (χ4v) is 2.74. The van der Waals surface area contributed by atoms with E-state index in [4.69, 9.17) is 4.74 Å². The van der Waals surface area contributed by atoms with Crippen molar-refractivity contribution >= 4 is 11.7 Å². The second-order valence-corrected chi connectivity index (χ2v) is 7.30. The zero-order valence-electron chi connectivity index (χ0n) is 17.2. The summed E-state index contributed by atoms with van der Waals surface area (Å²) in [6.45, 7) is 6.80. The van der Waals surface area contributed by atoms with Gasteiger partial charge in [-0.15, -0.1) is 0 Å². The van der Waals surface area contributed by atoms with E-state index < -0.39 is 18.4 Å². The quantitative estimate of drug-likeness (QED) is 0.723. The molecule has 2 aromatic rings. The Morgan fingerprint density at radius 2 is 1.93 bits per heavy atom. The molecule has 0 aromatic carbocycles. The lowest BCUT2D eigenvalue weighted by molar-refractivity contribution is -0.116. The molecule has 2 aromatic heterocycles. The summed E-state index contributed by atoms with van der Waals surface area (Å²) in [5.74, 6) is -3.15. The first-order valence-corrected chi connectivity index (χ1v) is 9.19. The minimum atomic E-state index is -2.96. The molecule has 0 fully saturated rings. The maximum Gasteiger partial charge on any atom is 0.278 e. The summed E-state index contributed by atoms with van der Waals surface area (Å²) in [6.07, 6.45) is 1.50. The minimum absolute atomic E-state index is 0.00792. The van der Waals surface area contributed by atoms with Crippen molar-refractivity contribution < 1.29 is 23.1 Å². The van der Waals surface area contributed by atoms with Gasteiger partial charge in [0, 0.05) is 24.7 Å². The number of halogens is 2. The Bertz CT molecular complexity index is 911. The van der Waals surface area contributed by atoms with Crippen LogP contribution in [-0.4, -0.2) is 34.2 Å². The Kier molecular flexibility index (Phi) is 7.00. The van der Waals surface area contributed by atoms with E-state index in [0.29, 0.717) is 11.3 Å². The number of ether oxygens (including phenoxy) is 1. The highest BCUT2D eigenvalue weighted by molar-refractivity contribution is 5.92. The first kappa shape index (κ1) is 22.4. The molecule has 0 radical (unpaired) electrons. The summed E-state index contributed by atoms with van der Waals surface area (Å²) in [5, 5.41) is 2.85. The number of carbonyl (C=O) groups is 2. The lowest BCUT2D eigenvalue weighted by Gasteiger charge is -2.17. The smallest absolute Gasteiger partial charge is 0.278 e. The van der Waals surface area contributed by atoms with E-state index in [2.05, 4.69) is 15.3 Å². The number of hydrogen-bond acceptors (Lipinski definition) is 5. The predicted octanol–water partition coefficient (Wildman–Crippen LogP) is 3.75. The van der Waals surface area contributed by atoms with Crippen LogP contribution in [0.3, 0.4) is 0 Å². The normalized spacial score (nSPS) is 12.4. The van der Waals surface area contributed by atoms with E-state index in [1.807, 2.05) is 19.9 Å². The number of aromatic nitrogens is 2.